The molecule has 0 atom stereocenters. The molecule has 4 heterocycles. The van der Waals surface area contributed by atoms with Gasteiger partial charge in [-0.05, 0) is 62.2 Å². The number of nitriles is 1. The number of anilines is 2. The van der Waals surface area contributed by atoms with E-state index in [0.29, 0.717) is 16.9 Å². The van der Waals surface area contributed by atoms with Crippen LogP contribution in [0.5, 0.6) is 0 Å². The Kier molecular flexibility index (Phi) is 6.15. The molecular weight excluding hydrogens is 504 g/mol. The SMILES string of the molecule is CC(C)(C#N)c1nc(-n2c3nc(Nc4ccc5c(c4)CNCC5)ncc3c(=O)n2CC(F)(F)F)ccc1F. The van der Waals surface area contributed by atoms with Crippen LogP contribution in [0.3, 0.4) is 0 Å². The summed E-state index contributed by atoms with van der Waals surface area (Å²) in [7, 11) is 0. The third kappa shape index (κ3) is 4.70. The maximum absolute atomic E-state index is 14.6. The van der Waals surface area contributed by atoms with E-state index < -0.39 is 29.5 Å². The van der Waals surface area contributed by atoms with Gasteiger partial charge in [-0.2, -0.15) is 23.4 Å². The van der Waals surface area contributed by atoms with Gasteiger partial charge < -0.3 is 10.6 Å². The van der Waals surface area contributed by atoms with Crippen LogP contribution in [0.1, 0.15) is 30.7 Å². The highest BCUT2D eigenvalue weighted by molar-refractivity contribution is 5.77. The Balaban J connectivity index is 1.67. The van der Waals surface area contributed by atoms with Gasteiger partial charge in [-0.1, -0.05) is 6.07 Å². The number of halogens is 4. The predicted molar refractivity (Wildman–Crippen MR) is 131 cm³/mol. The summed E-state index contributed by atoms with van der Waals surface area (Å²) in [6.07, 6.45) is -2.72. The minimum Gasteiger partial charge on any atom is -0.324 e. The summed E-state index contributed by atoms with van der Waals surface area (Å²) in [5.74, 6) is -0.968. The number of nitrogens with one attached hydrogen (secondary N) is 2. The lowest BCUT2D eigenvalue weighted by atomic mass is 9.90. The molecular formula is C25H22F4N8O. The number of fused-ring (bicyclic) bond motifs is 2. The fourth-order valence-corrected chi connectivity index (χ4v) is 4.36. The summed E-state index contributed by atoms with van der Waals surface area (Å²) >= 11 is 0. The summed E-state index contributed by atoms with van der Waals surface area (Å²) in [6, 6.07) is 9.80. The van der Waals surface area contributed by atoms with E-state index in [1.807, 2.05) is 24.3 Å². The van der Waals surface area contributed by atoms with Crippen LogP contribution in [0.25, 0.3) is 16.9 Å². The van der Waals surface area contributed by atoms with Crippen molar-refractivity contribution in [2.24, 2.45) is 0 Å². The van der Waals surface area contributed by atoms with Gasteiger partial charge in [0.2, 0.25) is 5.95 Å². The molecule has 38 heavy (non-hydrogen) atoms. The maximum Gasteiger partial charge on any atom is 0.408 e. The van der Waals surface area contributed by atoms with Crippen LogP contribution in [-0.2, 0) is 24.9 Å². The molecule has 196 valence electrons. The molecule has 0 saturated carbocycles. The van der Waals surface area contributed by atoms with Crippen molar-refractivity contribution in [3.8, 4) is 11.9 Å². The van der Waals surface area contributed by atoms with E-state index in [1.54, 1.807) is 0 Å². The lowest BCUT2D eigenvalue weighted by molar-refractivity contribution is -0.144. The molecule has 3 aromatic heterocycles. The highest BCUT2D eigenvalue weighted by Crippen LogP contribution is 2.27. The first-order valence-corrected chi connectivity index (χ1v) is 11.7. The first-order chi connectivity index (χ1) is 18.0. The standard InChI is InChI=1S/C25H22F4N8O/c1-24(2,12-30)20-18(26)5-6-19(34-20)37-21-17(22(38)36(37)13-25(27,28)29)11-32-23(35-21)33-16-4-3-14-7-8-31-10-15(14)9-16/h3-6,9,11,31H,7-8,10,13H2,1-2H3,(H,32,33,35). The van der Waals surface area contributed by atoms with Crippen LogP contribution in [-0.4, -0.2) is 37.0 Å². The summed E-state index contributed by atoms with van der Waals surface area (Å²) in [4.78, 5) is 25.6. The summed E-state index contributed by atoms with van der Waals surface area (Å²) in [6.45, 7) is 2.80. The van der Waals surface area contributed by atoms with E-state index in [0.717, 1.165) is 41.5 Å². The molecule has 2 N–H and O–H groups in total. The number of hydrogen-bond acceptors (Lipinski definition) is 7. The topological polar surface area (TPSA) is 113 Å². The van der Waals surface area contributed by atoms with Gasteiger partial charge in [0.1, 0.15) is 17.7 Å². The summed E-state index contributed by atoms with van der Waals surface area (Å²) in [5, 5.41) is 15.6. The van der Waals surface area contributed by atoms with E-state index in [2.05, 4.69) is 25.6 Å². The fourth-order valence-electron chi connectivity index (χ4n) is 4.36. The molecule has 0 saturated heterocycles. The molecule has 0 amide bonds. The van der Waals surface area contributed by atoms with Gasteiger partial charge >= 0.3 is 6.18 Å². The average molecular weight is 526 g/mol. The monoisotopic (exact) mass is 526 g/mol. The highest BCUT2D eigenvalue weighted by Gasteiger charge is 2.33. The van der Waals surface area contributed by atoms with Gasteiger partial charge in [-0.15, -0.1) is 0 Å². The molecule has 1 aliphatic rings. The van der Waals surface area contributed by atoms with Gasteiger partial charge in [0.25, 0.3) is 5.56 Å². The van der Waals surface area contributed by atoms with Gasteiger partial charge in [0, 0.05) is 18.4 Å². The molecule has 1 aliphatic heterocycles. The second-order valence-corrected chi connectivity index (χ2v) is 9.49. The highest BCUT2D eigenvalue weighted by atomic mass is 19.4. The molecule has 0 aliphatic carbocycles. The molecule has 5 rings (SSSR count). The molecule has 0 spiro atoms. The molecule has 4 aromatic rings. The Morgan fingerprint density at radius 2 is 1.95 bits per heavy atom. The minimum atomic E-state index is -4.75. The average Bonchev–Trinajstić information content (AvgIpc) is 3.13. The number of rotatable bonds is 5. The number of hydrogen-bond donors (Lipinski definition) is 2. The van der Waals surface area contributed by atoms with Crippen molar-refractivity contribution in [2.75, 3.05) is 11.9 Å². The summed E-state index contributed by atoms with van der Waals surface area (Å²) in [5.41, 5.74) is 0.156. The van der Waals surface area contributed by atoms with Crippen LogP contribution in [0.2, 0.25) is 0 Å². The normalized spacial score (nSPS) is 13.8. The van der Waals surface area contributed by atoms with E-state index in [9.17, 15) is 27.6 Å². The van der Waals surface area contributed by atoms with E-state index in [4.69, 9.17) is 0 Å². The number of aromatic nitrogens is 5. The number of alkyl halides is 3. The lowest BCUT2D eigenvalue weighted by Gasteiger charge is -2.19. The van der Waals surface area contributed by atoms with E-state index in [1.165, 1.54) is 19.4 Å². The predicted octanol–water partition coefficient (Wildman–Crippen LogP) is 3.87. The third-order valence-electron chi connectivity index (χ3n) is 6.27. The van der Waals surface area contributed by atoms with Crippen molar-refractivity contribution in [3.63, 3.8) is 0 Å². The number of benzene rings is 1. The van der Waals surface area contributed by atoms with Crippen molar-refractivity contribution in [2.45, 2.75) is 44.9 Å². The Labute approximate surface area is 213 Å². The minimum absolute atomic E-state index is 0.0406. The van der Waals surface area contributed by atoms with Crippen LogP contribution >= 0.6 is 0 Å². The maximum atomic E-state index is 14.6. The van der Waals surface area contributed by atoms with Crippen molar-refractivity contribution >= 4 is 22.7 Å². The molecule has 9 nitrogen and oxygen atoms in total. The van der Waals surface area contributed by atoms with Crippen molar-refractivity contribution in [1.82, 2.24) is 29.6 Å². The molecule has 0 unspecified atom stereocenters. The molecule has 13 heteroatoms. The number of pyridine rings is 1. The quantitative estimate of drug-likeness (QED) is 0.380. The van der Waals surface area contributed by atoms with Gasteiger partial charge in [-0.25, -0.2) is 23.7 Å². The first kappa shape index (κ1) is 25.3. The number of nitrogens with zero attached hydrogens (tertiary/aromatic N) is 6. The molecule has 0 radical (unpaired) electrons. The molecule has 0 fully saturated rings. The third-order valence-corrected chi connectivity index (χ3v) is 6.27. The van der Waals surface area contributed by atoms with Crippen molar-refractivity contribution in [3.05, 3.63) is 69.5 Å². The zero-order valence-corrected chi connectivity index (χ0v) is 20.4. The second-order valence-electron chi connectivity index (χ2n) is 9.49. The Hall–Kier alpha value is -4.31. The van der Waals surface area contributed by atoms with Crippen LogP contribution in [0.15, 0.2) is 41.3 Å². The zero-order valence-electron chi connectivity index (χ0n) is 20.4. The zero-order chi connectivity index (χ0) is 27.2. The van der Waals surface area contributed by atoms with Gasteiger partial charge in [0.05, 0.1) is 17.2 Å². The van der Waals surface area contributed by atoms with Crippen LogP contribution in [0, 0.1) is 17.1 Å². The van der Waals surface area contributed by atoms with Crippen molar-refractivity contribution < 1.29 is 17.6 Å². The van der Waals surface area contributed by atoms with Gasteiger partial charge in [0.15, 0.2) is 11.5 Å². The van der Waals surface area contributed by atoms with Crippen LogP contribution < -0.4 is 16.2 Å². The van der Waals surface area contributed by atoms with E-state index >= 15 is 0 Å². The Morgan fingerprint density at radius 3 is 2.68 bits per heavy atom. The van der Waals surface area contributed by atoms with Gasteiger partial charge in [-0.3, -0.25) is 4.79 Å². The Morgan fingerprint density at radius 1 is 1.16 bits per heavy atom. The summed E-state index contributed by atoms with van der Waals surface area (Å²) < 4.78 is 56.3. The lowest BCUT2D eigenvalue weighted by Crippen LogP contribution is -2.31. The molecule has 1 aromatic carbocycles. The van der Waals surface area contributed by atoms with E-state index in [-0.39, 0.29) is 28.5 Å². The largest absolute Gasteiger partial charge is 0.408 e. The smallest absolute Gasteiger partial charge is 0.324 e. The van der Waals surface area contributed by atoms with Crippen LogP contribution in [0.4, 0.5) is 29.2 Å². The van der Waals surface area contributed by atoms with Crippen molar-refractivity contribution in [1.29, 1.82) is 5.26 Å². The molecule has 0 bridgehead atoms. The fraction of sp³-hybridized carbons (Fsp3) is 0.320. The second kappa shape index (κ2) is 9.21. The first-order valence-electron chi connectivity index (χ1n) is 11.7. The Bertz CT molecular complexity index is 1650.